The van der Waals surface area contributed by atoms with Crippen LogP contribution in [0.1, 0.15) is 181 Å². The van der Waals surface area contributed by atoms with Gasteiger partial charge in [-0.3, -0.25) is 23.2 Å². The number of unbranched alkanes of at least 4 members (excludes halogenated alkanes) is 12. The number of esters is 2. The van der Waals surface area contributed by atoms with Crippen LogP contribution in [-0.4, -0.2) is 119 Å². The molecule has 0 spiro atoms. The zero-order valence-corrected chi connectivity index (χ0v) is 44.5. The molecule has 3 heterocycles. The van der Waals surface area contributed by atoms with E-state index in [-0.39, 0.29) is 25.1 Å². The summed E-state index contributed by atoms with van der Waals surface area (Å²) in [5, 5.41) is 57.5. The van der Waals surface area contributed by atoms with E-state index in [1.54, 1.807) is 0 Å². The van der Waals surface area contributed by atoms with E-state index in [0.717, 1.165) is 49.0 Å². The van der Waals surface area contributed by atoms with Crippen molar-refractivity contribution in [3.05, 3.63) is 34.9 Å². The molecule has 2 saturated heterocycles. The lowest BCUT2D eigenvalue weighted by molar-refractivity contribution is -0.195. The van der Waals surface area contributed by atoms with Crippen LogP contribution in [0.15, 0.2) is 29.2 Å². The molecule has 416 valence electrons. The Hall–Kier alpha value is -2.62. The number of nitrogen functional groups attached to an aromatic ring is 1. The highest BCUT2D eigenvalue weighted by molar-refractivity contribution is 7.61. The monoisotopic (exact) mass is 1070 g/mol. The molecule has 23 heteroatoms. The van der Waals surface area contributed by atoms with E-state index in [4.69, 9.17) is 29.0 Å². The van der Waals surface area contributed by atoms with Crippen LogP contribution in [0.5, 0.6) is 0 Å². The van der Waals surface area contributed by atoms with E-state index in [1.807, 2.05) is 6.92 Å². The van der Waals surface area contributed by atoms with Gasteiger partial charge in [0.1, 0.15) is 30.9 Å². The van der Waals surface area contributed by atoms with Gasteiger partial charge in [-0.2, -0.15) is 9.29 Å². The summed E-state index contributed by atoms with van der Waals surface area (Å²) < 4.78 is 59.2. The second kappa shape index (κ2) is 34.1. The fraction of sp³-hybridized carbons (Fsp3) is 0.837. The molecule has 2 fully saturated rings. The first kappa shape index (κ1) is 63.7. The molecular formula is C49H87N3O18P2. The van der Waals surface area contributed by atoms with Crippen molar-refractivity contribution in [1.82, 2.24) is 9.55 Å². The Morgan fingerprint density at radius 1 is 0.833 bits per heavy atom. The molecule has 0 aliphatic carbocycles. The van der Waals surface area contributed by atoms with Gasteiger partial charge < -0.3 is 55.3 Å². The number of nitrogens with zero attached hydrogens (tertiary/aromatic N) is 2. The van der Waals surface area contributed by atoms with Crippen molar-refractivity contribution in [3.63, 3.8) is 0 Å². The average molecular weight is 1070 g/mol. The number of phosphoric acid groups is 2. The van der Waals surface area contributed by atoms with Crippen molar-refractivity contribution < 1.29 is 81.6 Å². The summed E-state index contributed by atoms with van der Waals surface area (Å²) in [7, 11) is -11.3. The molecule has 2 bridgehead atoms. The van der Waals surface area contributed by atoms with Crippen LogP contribution in [0.25, 0.3) is 0 Å². The lowest BCUT2D eigenvalue weighted by Gasteiger charge is -2.41. The number of aliphatic hydroxyl groups is 5. The second-order valence-corrected chi connectivity index (χ2v) is 22.9. The van der Waals surface area contributed by atoms with Gasteiger partial charge in [-0.05, 0) is 37.7 Å². The number of cyclic esters (lactones) is 1. The number of aromatic nitrogens is 2. The largest absolute Gasteiger partial charge is 0.481 e. The first-order chi connectivity index (χ1) is 34.2. The Kier molecular flexibility index (Phi) is 30.2. The SMILES string of the molecule is CCCCC[C@H](O)/C=C/[C@@H]1[C@H](O)[C@H](O)[C@H]2COP(=O)(O)OP(=O)(O)OC[C@H](OC(=O)CCCCCCCCCCCCCC(C)C)COC(=O)CCCCCC[C@H]([C@H](n3ccc(N)nc3=O)O2)[C@@H](O)C[C@H]1O. The van der Waals surface area contributed by atoms with Gasteiger partial charge in [-0.25, -0.2) is 13.9 Å². The fourth-order valence-electron chi connectivity index (χ4n) is 8.93. The molecule has 12 atom stereocenters. The van der Waals surface area contributed by atoms with Gasteiger partial charge in [-0.15, -0.1) is 0 Å². The van der Waals surface area contributed by atoms with E-state index < -0.39 is 120 Å². The molecule has 2 aliphatic heterocycles. The van der Waals surface area contributed by atoms with Crippen LogP contribution in [0.4, 0.5) is 5.82 Å². The molecule has 1 aromatic rings. The standard InChI is InChI=1S/C49H87N3O18P2/c1-4-5-17-23-36(53)27-28-38-40(54)31-41(55)39-24-19-15-16-20-25-44(56)65-32-37(68-45(57)26-21-14-12-10-8-6-7-9-11-13-18-22-35(2)3)33-66-71(61,62)70-72(63,64)67-34-42(47(59)46(38)58)69-48(39)52-30-29-43(50)51-49(52)60/h27-30,35-42,46-48,53-55,58-59H,4-26,31-34H2,1-3H3,(H,61,62)(H,63,64)(H2,50,51,60)/b28-27+/t36-,37+,38-,39-,40+,41-,42+,46-,47+,48+/m0/s1. The molecule has 9 N–H and O–H groups in total. The van der Waals surface area contributed by atoms with E-state index in [1.165, 1.54) is 69.4 Å². The predicted octanol–water partition coefficient (Wildman–Crippen LogP) is 7.07. The van der Waals surface area contributed by atoms with Crippen LogP contribution in [-0.2, 0) is 46.3 Å². The van der Waals surface area contributed by atoms with E-state index in [0.29, 0.717) is 44.9 Å². The zero-order chi connectivity index (χ0) is 53.1. The fourth-order valence-corrected chi connectivity index (χ4v) is 11.0. The van der Waals surface area contributed by atoms with Crippen molar-refractivity contribution in [3.8, 4) is 0 Å². The van der Waals surface area contributed by atoms with E-state index in [2.05, 4.69) is 23.1 Å². The molecule has 1 aromatic heterocycles. The lowest BCUT2D eigenvalue weighted by Crippen LogP contribution is -2.52. The topological polar surface area (TPSA) is 326 Å². The van der Waals surface area contributed by atoms with Crippen molar-refractivity contribution in [1.29, 1.82) is 0 Å². The van der Waals surface area contributed by atoms with Gasteiger partial charge in [0.05, 0.1) is 37.6 Å². The van der Waals surface area contributed by atoms with Gasteiger partial charge in [0.15, 0.2) is 6.10 Å². The Bertz CT molecular complexity index is 1890. The Balaban J connectivity index is 1.81. The third-order valence-corrected chi connectivity index (χ3v) is 15.7. The number of hydrogen-bond donors (Lipinski definition) is 8. The molecule has 2 unspecified atom stereocenters. The maximum Gasteiger partial charge on any atom is 0.481 e. The van der Waals surface area contributed by atoms with Crippen LogP contribution in [0, 0.1) is 17.8 Å². The summed E-state index contributed by atoms with van der Waals surface area (Å²) in [6, 6.07) is 1.26. The zero-order valence-electron chi connectivity index (χ0n) is 42.7. The molecule has 0 aromatic carbocycles. The summed E-state index contributed by atoms with van der Waals surface area (Å²) >= 11 is 0. The number of anilines is 1. The quantitative estimate of drug-likeness (QED) is 0.0249. The molecule has 72 heavy (non-hydrogen) atoms. The van der Waals surface area contributed by atoms with Gasteiger partial charge >= 0.3 is 33.3 Å². The highest BCUT2D eigenvalue weighted by atomic mass is 31.3. The minimum atomic E-state index is -5.69. The number of phosphoric ester groups is 2. The Labute approximate surface area is 425 Å². The van der Waals surface area contributed by atoms with E-state index >= 15 is 0 Å². The van der Waals surface area contributed by atoms with Gasteiger partial charge in [0.2, 0.25) is 0 Å². The predicted molar refractivity (Wildman–Crippen MR) is 268 cm³/mol. The summed E-state index contributed by atoms with van der Waals surface area (Å²) in [5.41, 5.74) is 4.81. The van der Waals surface area contributed by atoms with E-state index in [9.17, 15) is 58.8 Å². The van der Waals surface area contributed by atoms with Gasteiger partial charge in [0, 0.05) is 37.3 Å². The molecule has 0 saturated carbocycles. The van der Waals surface area contributed by atoms with Crippen molar-refractivity contribution in [2.24, 2.45) is 17.8 Å². The second-order valence-electron chi connectivity index (χ2n) is 19.8. The van der Waals surface area contributed by atoms with Crippen LogP contribution in [0.3, 0.4) is 0 Å². The number of nitrogens with two attached hydrogens (primary N) is 1. The van der Waals surface area contributed by atoms with Crippen molar-refractivity contribution >= 4 is 33.4 Å². The first-order valence-corrected chi connectivity index (χ1v) is 29.3. The summed E-state index contributed by atoms with van der Waals surface area (Å²) in [4.78, 5) is 64.3. The maximum absolute atomic E-state index is 13.4. The number of hydrogen-bond acceptors (Lipinski definition) is 18. The molecule has 0 amide bonds. The lowest BCUT2D eigenvalue weighted by atomic mass is 9.82. The normalized spacial score (nSPS) is 30.7. The first-order valence-electron chi connectivity index (χ1n) is 26.3. The average Bonchev–Trinajstić information content (AvgIpc) is 3.30. The van der Waals surface area contributed by atoms with Crippen LogP contribution in [0.2, 0.25) is 0 Å². The van der Waals surface area contributed by atoms with Crippen molar-refractivity contribution in [2.75, 3.05) is 25.6 Å². The minimum Gasteiger partial charge on any atom is -0.462 e. The molecule has 0 radical (unpaired) electrons. The third-order valence-electron chi connectivity index (χ3n) is 13.1. The molecule has 2 aliphatic rings. The molecule has 3 rings (SSSR count). The highest BCUT2D eigenvalue weighted by Gasteiger charge is 2.45. The van der Waals surface area contributed by atoms with Crippen molar-refractivity contribution in [2.45, 2.75) is 224 Å². The molecule has 21 nitrogen and oxygen atoms in total. The highest BCUT2D eigenvalue weighted by Crippen LogP contribution is 2.60. The number of carbonyl (C=O) groups excluding carboxylic acids is 2. The summed E-state index contributed by atoms with van der Waals surface area (Å²) in [6.07, 6.45) is 7.98. The number of rotatable bonds is 22. The van der Waals surface area contributed by atoms with Crippen LogP contribution >= 0.6 is 15.6 Å². The summed E-state index contributed by atoms with van der Waals surface area (Å²) in [5.74, 6) is -3.24. The van der Waals surface area contributed by atoms with Gasteiger partial charge in [-0.1, -0.05) is 142 Å². The smallest absolute Gasteiger partial charge is 0.462 e. The number of aliphatic hydroxyl groups excluding tert-OH is 5. The Morgan fingerprint density at radius 2 is 1.44 bits per heavy atom. The Morgan fingerprint density at radius 3 is 2.08 bits per heavy atom. The maximum atomic E-state index is 13.4. The third kappa shape index (κ3) is 25.3. The number of ether oxygens (including phenoxy) is 3. The number of carbonyl (C=O) groups is 2. The van der Waals surface area contributed by atoms with Gasteiger partial charge in [0.25, 0.3) is 0 Å². The number of fused-ring (bicyclic) bond motifs is 3. The molecular weight excluding hydrogens is 980 g/mol. The van der Waals surface area contributed by atoms with Crippen LogP contribution < -0.4 is 11.4 Å². The summed E-state index contributed by atoms with van der Waals surface area (Å²) in [6.45, 7) is 3.82. The minimum absolute atomic E-state index is 0.0107.